The molecule has 2 amide bonds. The summed E-state index contributed by atoms with van der Waals surface area (Å²) in [4.78, 5) is 25.6. The summed E-state index contributed by atoms with van der Waals surface area (Å²) in [6, 6.07) is 4.10. The SMILES string of the molecule is CCC1(C)NC(=O)CN(c2ccc(F)c(OC)c2)C1=O. The molecular weight excluding hydrogens is 263 g/mol. The number of carbonyl (C=O) groups is 2. The Hall–Kier alpha value is -2.11. The molecule has 1 heterocycles. The van der Waals surface area contributed by atoms with Gasteiger partial charge in [0.1, 0.15) is 12.1 Å². The average Bonchev–Trinajstić information content (AvgIpc) is 2.43. The van der Waals surface area contributed by atoms with Gasteiger partial charge in [0, 0.05) is 11.8 Å². The second kappa shape index (κ2) is 5.11. The molecule has 1 unspecified atom stereocenters. The van der Waals surface area contributed by atoms with Crippen LogP contribution in [0.5, 0.6) is 5.75 Å². The second-order valence-electron chi connectivity index (χ2n) is 4.94. The van der Waals surface area contributed by atoms with Crippen LogP contribution in [0.1, 0.15) is 20.3 Å². The number of hydrogen-bond donors (Lipinski definition) is 1. The quantitative estimate of drug-likeness (QED) is 0.912. The first-order chi connectivity index (χ1) is 9.41. The van der Waals surface area contributed by atoms with Gasteiger partial charge in [0.15, 0.2) is 11.6 Å². The van der Waals surface area contributed by atoms with E-state index in [4.69, 9.17) is 4.74 Å². The zero-order valence-electron chi connectivity index (χ0n) is 11.7. The molecular formula is C14H17FN2O3. The Kier molecular flexibility index (Phi) is 3.65. The van der Waals surface area contributed by atoms with Crippen LogP contribution in [0.25, 0.3) is 0 Å². The Morgan fingerprint density at radius 1 is 1.45 bits per heavy atom. The number of amides is 2. The summed E-state index contributed by atoms with van der Waals surface area (Å²) >= 11 is 0. The summed E-state index contributed by atoms with van der Waals surface area (Å²) in [6.07, 6.45) is 0.479. The van der Waals surface area contributed by atoms with Crippen LogP contribution in [0.4, 0.5) is 10.1 Å². The monoisotopic (exact) mass is 280 g/mol. The number of piperazine rings is 1. The summed E-state index contributed by atoms with van der Waals surface area (Å²) in [7, 11) is 1.35. The Balaban J connectivity index is 2.40. The maximum atomic E-state index is 13.4. The molecule has 1 aliphatic heterocycles. The number of nitrogens with one attached hydrogen (secondary N) is 1. The maximum Gasteiger partial charge on any atom is 0.252 e. The van der Waals surface area contributed by atoms with Gasteiger partial charge in [-0.3, -0.25) is 9.59 Å². The highest BCUT2D eigenvalue weighted by Crippen LogP contribution is 2.28. The predicted octanol–water partition coefficient (Wildman–Crippen LogP) is 1.47. The van der Waals surface area contributed by atoms with Crippen LogP contribution in [-0.2, 0) is 9.59 Å². The lowest BCUT2D eigenvalue weighted by molar-refractivity contribution is -0.135. The van der Waals surface area contributed by atoms with Crippen LogP contribution < -0.4 is 15.0 Å². The fourth-order valence-electron chi connectivity index (χ4n) is 2.18. The molecule has 0 aliphatic carbocycles. The number of methoxy groups -OCH3 is 1. The van der Waals surface area contributed by atoms with Crippen molar-refractivity contribution in [2.24, 2.45) is 0 Å². The van der Waals surface area contributed by atoms with Crippen LogP contribution in [0.2, 0.25) is 0 Å². The highest BCUT2D eigenvalue weighted by atomic mass is 19.1. The van der Waals surface area contributed by atoms with Gasteiger partial charge in [-0.25, -0.2) is 4.39 Å². The van der Waals surface area contributed by atoms with E-state index in [2.05, 4.69) is 5.32 Å². The van der Waals surface area contributed by atoms with Crippen molar-refractivity contribution in [2.75, 3.05) is 18.6 Å². The van der Waals surface area contributed by atoms with Gasteiger partial charge in [0.25, 0.3) is 5.91 Å². The van der Waals surface area contributed by atoms with Crippen LogP contribution in [0.3, 0.4) is 0 Å². The molecule has 1 aromatic rings. The molecule has 5 nitrogen and oxygen atoms in total. The fraction of sp³-hybridized carbons (Fsp3) is 0.429. The van der Waals surface area contributed by atoms with E-state index in [1.165, 1.54) is 30.2 Å². The molecule has 1 aromatic carbocycles. The first-order valence-electron chi connectivity index (χ1n) is 6.38. The fourth-order valence-corrected chi connectivity index (χ4v) is 2.18. The smallest absolute Gasteiger partial charge is 0.252 e. The van der Waals surface area contributed by atoms with Crippen LogP contribution >= 0.6 is 0 Å². The Morgan fingerprint density at radius 3 is 2.75 bits per heavy atom. The zero-order valence-corrected chi connectivity index (χ0v) is 11.7. The number of hydrogen-bond acceptors (Lipinski definition) is 3. The van der Waals surface area contributed by atoms with Gasteiger partial charge >= 0.3 is 0 Å². The maximum absolute atomic E-state index is 13.4. The van der Waals surface area contributed by atoms with E-state index in [1.807, 2.05) is 6.92 Å². The van der Waals surface area contributed by atoms with E-state index < -0.39 is 11.4 Å². The van der Waals surface area contributed by atoms with Crippen molar-refractivity contribution in [3.63, 3.8) is 0 Å². The third-order valence-electron chi connectivity index (χ3n) is 3.59. The molecule has 1 aliphatic rings. The van der Waals surface area contributed by atoms with Gasteiger partial charge in [-0.1, -0.05) is 6.92 Å². The number of benzene rings is 1. The second-order valence-corrected chi connectivity index (χ2v) is 4.94. The van der Waals surface area contributed by atoms with Crippen molar-refractivity contribution in [2.45, 2.75) is 25.8 Å². The lowest BCUT2D eigenvalue weighted by Crippen LogP contribution is -2.65. The summed E-state index contributed by atoms with van der Waals surface area (Å²) in [5, 5.41) is 2.70. The molecule has 0 radical (unpaired) electrons. The van der Waals surface area contributed by atoms with Crippen molar-refractivity contribution >= 4 is 17.5 Å². The van der Waals surface area contributed by atoms with Crippen molar-refractivity contribution < 1.29 is 18.7 Å². The summed E-state index contributed by atoms with van der Waals surface area (Å²) in [5.41, 5.74) is -0.487. The number of rotatable bonds is 3. The molecule has 0 saturated carbocycles. The Morgan fingerprint density at radius 2 is 2.15 bits per heavy atom. The van der Waals surface area contributed by atoms with E-state index in [-0.39, 0.29) is 24.1 Å². The van der Waals surface area contributed by atoms with E-state index in [0.29, 0.717) is 12.1 Å². The van der Waals surface area contributed by atoms with E-state index >= 15 is 0 Å². The molecule has 1 fully saturated rings. The number of ether oxygens (including phenoxy) is 1. The van der Waals surface area contributed by atoms with Crippen molar-refractivity contribution in [1.29, 1.82) is 0 Å². The van der Waals surface area contributed by atoms with Crippen molar-refractivity contribution in [3.8, 4) is 5.75 Å². The number of nitrogens with zero attached hydrogens (tertiary/aromatic N) is 1. The molecule has 6 heteroatoms. The van der Waals surface area contributed by atoms with Crippen LogP contribution in [0, 0.1) is 5.82 Å². The van der Waals surface area contributed by atoms with Crippen LogP contribution in [0.15, 0.2) is 18.2 Å². The lowest BCUT2D eigenvalue weighted by atomic mass is 9.94. The summed E-state index contributed by atoms with van der Waals surface area (Å²) in [5.74, 6) is -0.923. The Labute approximate surface area is 116 Å². The van der Waals surface area contributed by atoms with Gasteiger partial charge in [-0.15, -0.1) is 0 Å². The zero-order chi connectivity index (χ0) is 14.9. The molecule has 1 atom stereocenters. The lowest BCUT2D eigenvalue weighted by Gasteiger charge is -2.39. The minimum Gasteiger partial charge on any atom is -0.494 e. The molecule has 1 saturated heterocycles. The van der Waals surface area contributed by atoms with E-state index in [9.17, 15) is 14.0 Å². The third kappa shape index (κ3) is 2.33. The van der Waals surface area contributed by atoms with Gasteiger partial charge in [0.05, 0.1) is 7.11 Å². The van der Waals surface area contributed by atoms with Gasteiger partial charge in [-0.2, -0.15) is 0 Å². The number of carbonyl (C=O) groups excluding carboxylic acids is 2. The van der Waals surface area contributed by atoms with Gasteiger partial charge in [0.2, 0.25) is 5.91 Å². The summed E-state index contributed by atoms with van der Waals surface area (Å²) < 4.78 is 18.3. The normalized spacial score (nSPS) is 22.7. The molecule has 0 bridgehead atoms. The molecule has 0 spiro atoms. The van der Waals surface area contributed by atoms with E-state index in [1.54, 1.807) is 6.92 Å². The van der Waals surface area contributed by atoms with Crippen LogP contribution in [-0.4, -0.2) is 31.0 Å². The number of anilines is 1. The predicted molar refractivity (Wildman–Crippen MR) is 72.1 cm³/mol. The van der Waals surface area contributed by atoms with Gasteiger partial charge in [-0.05, 0) is 25.5 Å². The first-order valence-corrected chi connectivity index (χ1v) is 6.38. The van der Waals surface area contributed by atoms with Crippen molar-refractivity contribution in [1.82, 2.24) is 5.32 Å². The molecule has 20 heavy (non-hydrogen) atoms. The standard InChI is InChI=1S/C14H17FN2O3/c1-4-14(2)13(19)17(8-12(18)16-14)9-5-6-10(15)11(7-9)20-3/h5-7H,4,8H2,1-3H3,(H,16,18). The number of halogens is 1. The Bertz CT molecular complexity index is 561. The highest BCUT2D eigenvalue weighted by Gasteiger charge is 2.42. The topological polar surface area (TPSA) is 58.6 Å². The van der Waals surface area contributed by atoms with E-state index in [0.717, 1.165) is 0 Å². The first kappa shape index (κ1) is 14.3. The highest BCUT2D eigenvalue weighted by molar-refractivity contribution is 6.08. The minimum absolute atomic E-state index is 0.0412. The summed E-state index contributed by atoms with van der Waals surface area (Å²) in [6.45, 7) is 3.43. The molecule has 2 rings (SSSR count). The molecule has 1 N–H and O–H groups in total. The molecule has 108 valence electrons. The molecule has 0 aromatic heterocycles. The van der Waals surface area contributed by atoms with Crippen molar-refractivity contribution in [3.05, 3.63) is 24.0 Å². The largest absolute Gasteiger partial charge is 0.494 e. The van der Waals surface area contributed by atoms with Gasteiger partial charge < -0.3 is 15.0 Å². The minimum atomic E-state index is -0.934. The average molecular weight is 280 g/mol. The third-order valence-corrected chi connectivity index (χ3v) is 3.59.